The van der Waals surface area contributed by atoms with E-state index in [9.17, 15) is 0 Å². The first-order valence-electron chi connectivity index (χ1n) is 6.14. The highest BCUT2D eigenvalue weighted by atomic mass is 79.9. The molecule has 1 fully saturated rings. The Morgan fingerprint density at radius 1 is 1.50 bits per heavy atom. The van der Waals surface area contributed by atoms with E-state index in [2.05, 4.69) is 15.9 Å². The van der Waals surface area contributed by atoms with Gasteiger partial charge in [0.05, 0.1) is 24.3 Å². The minimum absolute atomic E-state index is 0.101. The summed E-state index contributed by atoms with van der Waals surface area (Å²) in [4.78, 5) is 0. The van der Waals surface area contributed by atoms with Crippen LogP contribution in [0.3, 0.4) is 0 Å². The van der Waals surface area contributed by atoms with Crippen LogP contribution in [0.25, 0.3) is 0 Å². The topological polar surface area (TPSA) is 53.7 Å². The standard InChI is InChI=1S/C13H18BrNO3/c1-2-17-12-6-9(7-15)5-11(14)13(12)18-10-3-4-16-8-10/h5-6,10H,2-4,7-8,15H2,1H3. The van der Waals surface area contributed by atoms with E-state index in [-0.39, 0.29) is 6.10 Å². The average molecular weight is 316 g/mol. The Labute approximate surface area is 116 Å². The van der Waals surface area contributed by atoms with Crippen molar-refractivity contribution in [1.82, 2.24) is 0 Å². The Hall–Kier alpha value is -0.780. The maximum atomic E-state index is 5.95. The van der Waals surface area contributed by atoms with Crippen molar-refractivity contribution >= 4 is 15.9 Å². The van der Waals surface area contributed by atoms with E-state index >= 15 is 0 Å². The number of rotatable bonds is 5. The summed E-state index contributed by atoms with van der Waals surface area (Å²) in [7, 11) is 0. The zero-order valence-electron chi connectivity index (χ0n) is 10.4. The number of nitrogens with two attached hydrogens (primary N) is 1. The predicted molar refractivity (Wildman–Crippen MR) is 73.1 cm³/mol. The van der Waals surface area contributed by atoms with Crippen molar-refractivity contribution < 1.29 is 14.2 Å². The molecular formula is C13H18BrNO3. The number of ether oxygens (including phenoxy) is 3. The van der Waals surface area contributed by atoms with E-state index in [0.29, 0.717) is 19.8 Å². The van der Waals surface area contributed by atoms with Gasteiger partial charge in [0.15, 0.2) is 11.5 Å². The smallest absolute Gasteiger partial charge is 0.175 e. The Bertz CT molecular complexity index is 405. The normalized spacial score (nSPS) is 18.9. The summed E-state index contributed by atoms with van der Waals surface area (Å²) in [5, 5.41) is 0. The molecule has 0 spiro atoms. The highest BCUT2D eigenvalue weighted by Gasteiger charge is 2.21. The van der Waals surface area contributed by atoms with Crippen LogP contribution < -0.4 is 15.2 Å². The van der Waals surface area contributed by atoms with Gasteiger partial charge in [-0.1, -0.05) is 0 Å². The van der Waals surface area contributed by atoms with Gasteiger partial charge in [0.1, 0.15) is 6.10 Å². The first kappa shape index (κ1) is 13.6. The molecular weight excluding hydrogens is 298 g/mol. The van der Waals surface area contributed by atoms with Crippen molar-refractivity contribution in [3.63, 3.8) is 0 Å². The van der Waals surface area contributed by atoms with Gasteiger partial charge in [-0.3, -0.25) is 0 Å². The lowest BCUT2D eigenvalue weighted by molar-refractivity contribution is 0.137. The molecule has 0 amide bonds. The van der Waals surface area contributed by atoms with E-state index in [4.69, 9.17) is 19.9 Å². The fourth-order valence-electron chi connectivity index (χ4n) is 1.89. The highest BCUT2D eigenvalue weighted by molar-refractivity contribution is 9.10. The van der Waals surface area contributed by atoms with E-state index in [1.165, 1.54) is 0 Å². The summed E-state index contributed by atoms with van der Waals surface area (Å²) >= 11 is 3.51. The number of hydrogen-bond acceptors (Lipinski definition) is 4. The molecule has 1 aliphatic rings. The molecule has 0 radical (unpaired) electrons. The summed E-state index contributed by atoms with van der Waals surface area (Å²) in [5.41, 5.74) is 6.67. The van der Waals surface area contributed by atoms with E-state index in [1.807, 2.05) is 19.1 Å². The van der Waals surface area contributed by atoms with E-state index in [0.717, 1.165) is 34.6 Å². The van der Waals surface area contributed by atoms with Gasteiger partial charge < -0.3 is 19.9 Å². The fourth-order valence-corrected chi connectivity index (χ4v) is 2.47. The van der Waals surface area contributed by atoms with Crippen LogP contribution in [0.2, 0.25) is 0 Å². The van der Waals surface area contributed by atoms with Crippen LogP contribution in [0.5, 0.6) is 11.5 Å². The average Bonchev–Trinajstić information content (AvgIpc) is 2.86. The van der Waals surface area contributed by atoms with Crippen LogP contribution in [-0.2, 0) is 11.3 Å². The first-order valence-corrected chi connectivity index (χ1v) is 6.93. The maximum Gasteiger partial charge on any atom is 0.175 e. The third-order valence-corrected chi connectivity index (χ3v) is 3.37. The fraction of sp³-hybridized carbons (Fsp3) is 0.538. The monoisotopic (exact) mass is 315 g/mol. The molecule has 0 saturated carbocycles. The quantitative estimate of drug-likeness (QED) is 0.907. The van der Waals surface area contributed by atoms with Crippen LogP contribution in [0, 0.1) is 0 Å². The van der Waals surface area contributed by atoms with Crippen LogP contribution in [0.4, 0.5) is 0 Å². The van der Waals surface area contributed by atoms with Crippen molar-refractivity contribution in [3.05, 3.63) is 22.2 Å². The lowest BCUT2D eigenvalue weighted by atomic mass is 10.2. The molecule has 1 atom stereocenters. The molecule has 1 aliphatic heterocycles. The molecule has 100 valence electrons. The van der Waals surface area contributed by atoms with Crippen LogP contribution in [0.15, 0.2) is 16.6 Å². The van der Waals surface area contributed by atoms with Crippen LogP contribution in [0.1, 0.15) is 18.9 Å². The minimum atomic E-state index is 0.101. The van der Waals surface area contributed by atoms with Gasteiger partial charge in [0, 0.05) is 13.0 Å². The van der Waals surface area contributed by atoms with Gasteiger partial charge in [-0.2, -0.15) is 0 Å². The molecule has 1 aromatic rings. The SMILES string of the molecule is CCOc1cc(CN)cc(Br)c1OC1CCOC1. The summed E-state index contributed by atoms with van der Waals surface area (Å²) in [6, 6.07) is 3.90. The second-order valence-corrected chi connectivity index (χ2v) is 5.00. The Balaban J connectivity index is 2.24. The molecule has 0 bridgehead atoms. The molecule has 1 saturated heterocycles. The van der Waals surface area contributed by atoms with E-state index < -0.39 is 0 Å². The van der Waals surface area contributed by atoms with Crippen molar-refractivity contribution in [2.45, 2.75) is 26.0 Å². The molecule has 0 aliphatic carbocycles. The first-order chi connectivity index (χ1) is 8.74. The van der Waals surface area contributed by atoms with E-state index in [1.54, 1.807) is 0 Å². The van der Waals surface area contributed by atoms with Crippen molar-refractivity contribution in [3.8, 4) is 11.5 Å². The van der Waals surface area contributed by atoms with Gasteiger partial charge in [-0.15, -0.1) is 0 Å². The zero-order chi connectivity index (χ0) is 13.0. The minimum Gasteiger partial charge on any atom is -0.490 e. The highest BCUT2D eigenvalue weighted by Crippen LogP contribution is 2.38. The molecule has 1 aromatic carbocycles. The molecule has 5 heteroatoms. The van der Waals surface area contributed by atoms with Gasteiger partial charge >= 0.3 is 0 Å². The van der Waals surface area contributed by atoms with Gasteiger partial charge in [0.2, 0.25) is 0 Å². The third-order valence-electron chi connectivity index (χ3n) is 2.78. The van der Waals surface area contributed by atoms with Crippen molar-refractivity contribution in [1.29, 1.82) is 0 Å². The molecule has 18 heavy (non-hydrogen) atoms. The molecule has 0 aromatic heterocycles. The lowest BCUT2D eigenvalue weighted by Gasteiger charge is -2.18. The number of halogens is 1. The summed E-state index contributed by atoms with van der Waals surface area (Å²) < 4.78 is 17.8. The second-order valence-electron chi connectivity index (χ2n) is 4.15. The zero-order valence-corrected chi connectivity index (χ0v) is 12.0. The van der Waals surface area contributed by atoms with Gasteiger partial charge in [-0.25, -0.2) is 0 Å². The van der Waals surface area contributed by atoms with Gasteiger partial charge in [-0.05, 0) is 40.5 Å². The molecule has 2 rings (SSSR count). The lowest BCUT2D eigenvalue weighted by Crippen LogP contribution is -2.17. The Morgan fingerprint density at radius 2 is 2.33 bits per heavy atom. The van der Waals surface area contributed by atoms with Crippen molar-refractivity contribution in [2.75, 3.05) is 19.8 Å². The Morgan fingerprint density at radius 3 is 2.94 bits per heavy atom. The summed E-state index contributed by atoms with van der Waals surface area (Å²) in [6.45, 7) is 4.42. The molecule has 2 N–H and O–H groups in total. The van der Waals surface area contributed by atoms with Crippen LogP contribution >= 0.6 is 15.9 Å². The maximum absolute atomic E-state index is 5.95. The number of hydrogen-bond donors (Lipinski definition) is 1. The largest absolute Gasteiger partial charge is 0.490 e. The Kier molecular flexibility index (Phi) is 4.86. The number of benzene rings is 1. The third kappa shape index (κ3) is 3.16. The molecule has 1 unspecified atom stereocenters. The van der Waals surface area contributed by atoms with Crippen LogP contribution in [-0.4, -0.2) is 25.9 Å². The second kappa shape index (κ2) is 6.41. The summed E-state index contributed by atoms with van der Waals surface area (Å²) in [6.07, 6.45) is 1.01. The molecule has 1 heterocycles. The molecule has 4 nitrogen and oxygen atoms in total. The summed E-state index contributed by atoms with van der Waals surface area (Å²) in [5.74, 6) is 1.48. The van der Waals surface area contributed by atoms with Gasteiger partial charge in [0.25, 0.3) is 0 Å². The van der Waals surface area contributed by atoms with Crippen molar-refractivity contribution in [2.24, 2.45) is 5.73 Å². The predicted octanol–water partition coefficient (Wildman–Crippen LogP) is 2.47.